The number of aryl methyl sites for hydroxylation is 1. The van der Waals surface area contributed by atoms with Crippen molar-refractivity contribution in [3.05, 3.63) is 39.7 Å². The minimum absolute atomic E-state index is 0. The first-order valence-corrected chi connectivity index (χ1v) is 6.45. The van der Waals surface area contributed by atoms with E-state index in [-0.39, 0.29) is 52.2 Å². The maximum atomic E-state index is 12.8. The van der Waals surface area contributed by atoms with Crippen LogP contribution < -0.4 is 29.6 Å². The Kier molecular flexibility index (Phi) is 6.32. The number of tetrazole rings is 1. The van der Waals surface area contributed by atoms with Crippen molar-refractivity contribution in [2.45, 2.75) is 33.5 Å². The van der Waals surface area contributed by atoms with Crippen molar-refractivity contribution in [3.63, 3.8) is 0 Å². The number of hydrogen-bond acceptors (Lipinski definition) is 4. The Morgan fingerprint density at radius 3 is 2.48 bits per heavy atom. The van der Waals surface area contributed by atoms with Crippen molar-refractivity contribution in [3.8, 4) is 0 Å². The second-order valence-corrected chi connectivity index (χ2v) is 4.62. The van der Waals surface area contributed by atoms with Crippen LogP contribution in [-0.4, -0.2) is 26.1 Å². The molecular weight excluding hydrogens is 322 g/mol. The number of benzene rings is 1. The molecule has 23 heavy (non-hydrogen) atoms. The van der Waals surface area contributed by atoms with Crippen molar-refractivity contribution in [2.75, 3.05) is 0 Å². The average Bonchev–Trinajstić information content (AvgIpc) is 2.87. The molecule has 10 heteroatoms. The molecule has 2 rings (SSSR count). The van der Waals surface area contributed by atoms with Crippen LogP contribution in [0.25, 0.3) is 5.32 Å². The Morgan fingerprint density at radius 1 is 1.26 bits per heavy atom. The molecular formula is C13H13F3N5NaO. The summed E-state index contributed by atoms with van der Waals surface area (Å²) in [6.07, 6.45) is -4.46. The number of rotatable bonds is 3. The Morgan fingerprint density at radius 2 is 1.91 bits per heavy atom. The molecule has 2 aromatic rings. The molecule has 0 fully saturated rings. The van der Waals surface area contributed by atoms with Crippen LogP contribution in [0.15, 0.2) is 12.1 Å². The van der Waals surface area contributed by atoms with Crippen LogP contribution in [-0.2, 0) is 12.7 Å². The third-order valence-corrected chi connectivity index (χ3v) is 3.34. The number of amides is 1. The van der Waals surface area contributed by atoms with Gasteiger partial charge in [-0.05, 0) is 43.7 Å². The van der Waals surface area contributed by atoms with E-state index < -0.39 is 17.6 Å². The van der Waals surface area contributed by atoms with E-state index >= 15 is 0 Å². The SMILES string of the molecule is CCn1nnnc1[N-]C(=O)c1ccc(C(F)(F)F)c(C)c1C.[Na+]. The molecule has 0 radical (unpaired) electrons. The molecule has 1 amide bonds. The van der Waals surface area contributed by atoms with Gasteiger partial charge in [0.1, 0.15) is 0 Å². The second-order valence-electron chi connectivity index (χ2n) is 4.62. The molecule has 0 saturated carbocycles. The molecule has 6 nitrogen and oxygen atoms in total. The maximum Gasteiger partial charge on any atom is 1.00 e. The van der Waals surface area contributed by atoms with E-state index in [2.05, 4.69) is 20.8 Å². The van der Waals surface area contributed by atoms with Gasteiger partial charge in [0.05, 0.1) is 11.5 Å². The summed E-state index contributed by atoms with van der Waals surface area (Å²) >= 11 is 0. The van der Waals surface area contributed by atoms with Crippen LogP contribution in [0, 0.1) is 13.8 Å². The molecule has 1 heterocycles. The molecule has 0 aliphatic heterocycles. The van der Waals surface area contributed by atoms with E-state index in [9.17, 15) is 18.0 Å². The number of nitrogens with zero attached hydrogens (tertiary/aromatic N) is 5. The van der Waals surface area contributed by atoms with Crippen molar-refractivity contribution in [1.82, 2.24) is 20.2 Å². The first kappa shape index (κ1) is 19.6. The molecule has 0 saturated heterocycles. The third kappa shape index (κ3) is 4.10. The van der Waals surface area contributed by atoms with Crippen LogP contribution in [0.5, 0.6) is 0 Å². The van der Waals surface area contributed by atoms with Crippen LogP contribution in [0.3, 0.4) is 0 Å². The van der Waals surface area contributed by atoms with Gasteiger partial charge in [0, 0.05) is 5.56 Å². The fraction of sp³-hybridized carbons (Fsp3) is 0.385. The van der Waals surface area contributed by atoms with Gasteiger partial charge in [0.15, 0.2) is 0 Å². The van der Waals surface area contributed by atoms with Crippen LogP contribution in [0.4, 0.5) is 19.1 Å². The molecule has 0 N–H and O–H groups in total. The van der Waals surface area contributed by atoms with Gasteiger partial charge in [-0.3, -0.25) is 9.89 Å². The minimum atomic E-state index is -4.46. The summed E-state index contributed by atoms with van der Waals surface area (Å²) in [6.45, 7) is 4.97. The van der Waals surface area contributed by atoms with E-state index in [1.807, 2.05) is 0 Å². The molecule has 0 spiro atoms. The molecule has 0 atom stereocenters. The summed E-state index contributed by atoms with van der Waals surface area (Å²) in [7, 11) is 0. The minimum Gasteiger partial charge on any atom is -0.320 e. The Balaban J connectivity index is 0.00000264. The third-order valence-electron chi connectivity index (χ3n) is 3.34. The van der Waals surface area contributed by atoms with Gasteiger partial charge in [-0.25, -0.2) is 0 Å². The molecule has 0 unspecified atom stereocenters. The number of carbonyl (C=O) groups is 1. The number of aromatic nitrogens is 4. The van der Waals surface area contributed by atoms with Gasteiger partial charge < -0.3 is 10.00 Å². The van der Waals surface area contributed by atoms with Crippen molar-refractivity contribution in [2.24, 2.45) is 0 Å². The molecule has 1 aromatic heterocycles. The molecule has 0 aliphatic carbocycles. The number of hydrogen-bond donors (Lipinski definition) is 0. The largest absolute Gasteiger partial charge is 1.00 e. The normalized spacial score (nSPS) is 11.0. The van der Waals surface area contributed by atoms with Gasteiger partial charge in [0.2, 0.25) is 5.91 Å². The van der Waals surface area contributed by atoms with E-state index in [1.165, 1.54) is 18.5 Å². The van der Waals surface area contributed by atoms with Gasteiger partial charge in [0.25, 0.3) is 0 Å². The van der Waals surface area contributed by atoms with Gasteiger partial charge in [-0.15, -0.1) is 10.4 Å². The van der Waals surface area contributed by atoms with E-state index in [0.29, 0.717) is 6.54 Å². The van der Waals surface area contributed by atoms with Gasteiger partial charge in [-0.1, -0.05) is 6.92 Å². The van der Waals surface area contributed by atoms with Crippen LogP contribution >= 0.6 is 0 Å². The predicted octanol–water partition coefficient (Wildman–Crippen LogP) is 0.178. The number of carbonyl (C=O) groups excluding carboxylic acids is 1. The standard InChI is InChI=1S/C13H14F3N5O.Na/c1-4-21-12(18-19-20-21)17-11(22)9-5-6-10(13(14,15)16)8(3)7(9)2;/h5-6H,4H2,1-3H3,(H,17,18,20,22);/q;+1/p-1. The predicted molar refractivity (Wildman–Crippen MR) is 71.8 cm³/mol. The number of alkyl halides is 3. The quantitative estimate of drug-likeness (QED) is 0.750. The number of halogens is 3. The summed E-state index contributed by atoms with van der Waals surface area (Å²) in [4.78, 5) is 12.2. The molecule has 0 aliphatic rings. The fourth-order valence-corrected chi connectivity index (χ4v) is 2.00. The molecule has 118 valence electrons. The molecule has 0 bridgehead atoms. The monoisotopic (exact) mass is 335 g/mol. The summed E-state index contributed by atoms with van der Waals surface area (Å²) in [5.41, 5.74) is -0.432. The summed E-state index contributed by atoms with van der Waals surface area (Å²) in [5, 5.41) is 14.4. The summed E-state index contributed by atoms with van der Waals surface area (Å²) in [6, 6.07) is 2.00. The first-order valence-electron chi connectivity index (χ1n) is 6.45. The van der Waals surface area contributed by atoms with E-state index in [1.54, 1.807) is 6.92 Å². The molecule has 1 aromatic carbocycles. The maximum absolute atomic E-state index is 12.8. The van der Waals surface area contributed by atoms with E-state index in [4.69, 9.17) is 0 Å². The van der Waals surface area contributed by atoms with Gasteiger partial charge >= 0.3 is 35.7 Å². The first-order chi connectivity index (χ1) is 10.3. The average molecular weight is 335 g/mol. The van der Waals surface area contributed by atoms with Crippen molar-refractivity contribution < 1.29 is 47.5 Å². The Labute approximate surface area is 152 Å². The summed E-state index contributed by atoms with van der Waals surface area (Å²) in [5.74, 6) is -0.664. The zero-order chi connectivity index (χ0) is 16.5. The zero-order valence-corrected chi connectivity index (χ0v) is 15.1. The summed E-state index contributed by atoms with van der Waals surface area (Å²) < 4.78 is 39.8. The van der Waals surface area contributed by atoms with Gasteiger partial charge in [-0.2, -0.15) is 13.2 Å². The van der Waals surface area contributed by atoms with Crippen molar-refractivity contribution >= 4 is 11.9 Å². The fourth-order valence-electron chi connectivity index (χ4n) is 2.00. The smallest absolute Gasteiger partial charge is 0.320 e. The van der Waals surface area contributed by atoms with Crippen molar-refractivity contribution in [1.29, 1.82) is 0 Å². The second kappa shape index (κ2) is 7.41. The van der Waals surface area contributed by atoms with Crippen LogP contribution in [0.1, 0.15) is 34.0 Å². The Hall–Kier alpha value is -1.45. The van der Waals surface area contributed by atoms with E-state index in [0.717, 1.165) is 12.1 Å². The topological polar surface area (TPSA) is 74.8 Å². The Bertz CT molecular complexity index is 714. The van der Waals surface area contributed by atoms with Crippen LogP contribution in [0.2, 0.25) is 0 Å². The zero-order valence-electron chi connectivity index (χ0n) is 13.1.